The molecule has 0 bridgehead atoms. The van der Waals surface area contributed by atoms with Gasteiger partial charge in [0.05, 0.1) is 6.61 Å². The summed E-state index contributed by atoms with van der Waals surface area (Å²) in [5, 5.41) is 3.60. The molecule has 4 nitrogen and oxygen atoms in total. The molecule has 0 aromatic carbocycles. The largest absolute Gasteiger partial charge is 0.477 e. The summed E-state index contributed by atoms with van der Waals surface area (Å²) in [7, 11) is 0. The molecule has 0 saturated carbocycles. The number of piperidine rings is 1. The second-order valence-corrected chi connectivity index (χ2v) is 4.48. The molecule has 1 aliphatic rings. The number of hydrogen-bond donors (Lipinski definition) is 1. The zero-order valence-electron chi connectivity index (χ0n) is 9.78. The van der Waals surface area contributed by atoms with E-state index < -0.39 is 0 Å². The van der Waals surface area contributed by atoms with E-state index in [1.165, 1.54) is 12.8 Å². The molecule has 6 heteroatoms. The van der Waals surface area contributed by atoms with Crippen LogP contribution < -0.4 is 10.1 Å². The molecule has 0 aliphatic carbocycles. The Bertz CT molecular complexity index is 336. The first kappa shape index (κ1) is 14.5. The van der Waals surface area contributed by atoms with Gasteiger partial charge in [-0.1, -0.05) is 0 Å². The van der Waals surface area contributed by atoms with Crippen LogP contribution in [0.4, 0.5) is 0 Å². The maximum absolute atomic E-state index is 5.76. The Hall–Kier alpha value is -0.580. The van der Waals surface area contributed by atoms with Crippen LogP contribution in [0, 0.1) is 12.8 Å². The first-order valence-corrected chi connectivity index (χ1v) is 5.96. The third-order valence-corrected chi connectivity index (χ3v) is 2.84. The molecule has 1 saturated heterocycles. The Labute approximate surface area is 113 Å². The maximum Gasteiger partial charge on any atom is 0.225 e. The van der Waals surface area contributed by atoms with Gasteiger partial charge < -0.3 is 10.1 Å². The topological polar surface area (TPSA) is 47.0 Å². The molecule has 1 aromatic rings. The molecule has 1 aromatic heterocycles. The van der Waals surface area contributed by atoms with Gasteiger partial charge in [0.15, 0.2) is 0 Å². The zero-order valence-corrected chi connectivity index (χ0v) is 11.4. The highest BCUT2D eigenvalue weighted by molar-refractivity contribution is 6.28. The van der Waals surface area contributed by atoms with Crippen LogP contribution in [0.3, 0.4) is 0 Å². The second-order valence-electron chi connectivity index (χ2n) is 4.14. The van der Waals surface area contributed by atoms with Gasteiger partial charge >= 0.3 is 0 Å². The summed E-state index contributed by atoms with van der Waals surface area (Å²) >= 11 is 5.76. The monoisotopic (exact) mass is 277 g/mol. The number of aryl methyl sites for hydroxylation is 1. The van der Waals surface area contributed by atoms with E-state index in [1.54, 1.807) is 0 Å². The van der Waals surface area contributed by atoms with E-state index in [1.807, 2.05) is 13.0 Å². The molecular formula is C11H17Cl2N3O. The number of nitrogens with one attached hydrogen (secondary N) is 1. The third-order valence-electron chi connectivity index (χ3n) is 2.67. The molecule has 96 valence electrons. The van der Waals surface area contributed by atoms with Crippen molar-refractivity contribution in [3.8, 4) is 5.88 Å². The Morgan fingerprint density at radius 1 is 1.53 bits per heavy atom. The van der Waals surface area contributed by atoms with Gasteiger partial charge in [-0.2, -0.15) is 4.98 Å². The Balaban J connectivity index is 0.00000144. The highest BCUT2D eigenvalue weighted by atomic mass is 35.5. The fraction of sp³-hybridized carbons (Fsp3) is 0.636. The summed E-state index contributed by atoms with van der Waals surface area (Å²) in [6.45, 7) is 4.72. The number of nitrogens with zero attached hydrogens (tertiary/aromatic N) is 2. The van der Waals surface area contributed by atoms with Crippen LogP contribution >= 0.6 is 24.0 Å². The van der Waals surface area contributed by atoms with Crippen LogP contribution in [0.15, 0.2) is 6.07 Å². The summed E-state index contributed by atoms with van der Waals surface area (Å²) in [5.41, 5.74) is 0.830. The van der Waals surface area contributed by atoms with Crippen LogP contribution in [0.25, 0.3) is 0 Å². The first-order chi connectivity index (χ1) is 7.74. The SMILES string of the molecule is Cc1cc(OCC2CCCNC2)nc(Cl)n1.Cl. The Morgan fingerprint density at radius 2 is 2.35 bits per heavy atom. The van der Waals surface area contributed by atoms with Crippen molar-refractivity contribution >= 4 is 24.0 Å². The van der Waals surface area contributed by atoms with Gasteiger partial charge in [-0.15, -0.1) is 12.4 Å². The van der Waals surface area contributed by atoms with Crippen molar-refractivity contribution in [3.05, 3.63) is 17.0 Å². The van der Waals surface area contributed by atoms with Crippen molar-refractivity contribution in [2.75, 3.05) is 19.7 Å². The molecule has 1 fully saturated rings. The summed E-state index contributed by atoms with van der Waals surface area (Å²) in [6, 6.07) is 1.81. The first-order valence-electron chi connectivity index (χ1n) is 5.59. The van der Waals surface area contributed by atoms with Crippen LogP contribution in [-0.2, 0) is 0 Å². The predicted molar refractivity (Wildman–Crippen MR) is 70.1 cm³/mol. The van der Waals surface area contributed by atoms with Gasteiger partial charge in [-0.05, 0) is 37.9 Å². The van der Waals surface area contributed by atoms with Crippen molar-refractivity contribution in [2.24, 2.45) is 5.92 Å². The van der Waals surface area contributed by atoms with Crippen molar-refractivity contribution < 1.29 is 4.74 Å². The van der Waals surface area contributed by atoms with Gasteiger partial charge in [0.1, 0.15) is 0 Å². The number of aromatic nitrogens is 2. The maximum atomic E-state index is 5.76. The predicted octanol–water partition coefficient (Wildman–Crippen LogP) is 2.24. The molecule has 0 spiro atoms. The standard InChI is InChI=1S/C11H16ClN3O.ClH/c1-8-5-10(15-11(12)14-8)16-7-9-3-2-4-13-6-9;/h5,9,13H,2-4,6-7H2,1H3;1H. The molecular weight excluding hydrogens is 261 g/mol. The minimum absolute atomic E-state index is 0. The fourth-order valence-corrected chi connectivity index (χ4v) is 2.06. The number of halogens is 2. The average Bonchev–Trinajstić information content (AvgIpc) is 2.27. The van der Waals surface area contributed by atoms with Gasteiger partial charge in [-0.25, -0.2) is 4.98 Å². The lowest BCUT2D eigenvalue weighted by atomic mass is 10.0. The average molecular weight is 278 g/mol. The van der Waals surface area contributed by atoms with Gasteiger partial charge in [0, 0.05) is 24.2 Å². The highest BCUT2D eigenvalue weighted by Crippen LogP contribution is 2.15. The Morgan fingerprint density at radius 3 is 3.00 bits per heavy atom. The lowest BCUT2D eigenvalue weighted by Crippen LogP contribution is -2.33. The van der Waals surface area contributed by atoms with E-state index in [0.717, 1.165) is 18.8 Å². The van der Waals surface area contributed by atoms with E-state index in [-0.39, 0.29) is 17.7 Å². The van der Waals surface area contributed by atoms with E-state index in [0.29, 0.717) is 18.4 Å². The molecule has 17 heavy (non-hydrogen) atoms. The zero-order chi connectivity index (χ0) is 11.4. The normalized spacial score (nSPS) is 19.5. The minimum atomic E-state index is 0. The smallest absolute Gasteiger partial charge is 0.225 e. The number of ether oxygens (including phenoxy) is 1. The van der Waals surface area contributed by atoms with Crippen molar-refractivity contribution in [1.82, 2.24) is 15.3 Å². The fourth-order valence-electron chi connectivity index (χ4n) is 1.85. The van der Waals surface area contributed by atoms with Crippen LogP contribution in [0.2, 0.25) is 5.28 Å². The van der Waals surface area contributed by atoms with Crippen molar-refractivity contribution in [1.29, 1.82) is 0 Å². The lowest BCUT2D eigenvalue weighted by molar-refractivity contribution is 0.212. The number of hydrogen-bond acceptors (Lipinski definition) is 4. The summed E-state index contributed by atoms with van der Waals surface area (Å²) < 4.78 is 5.63. The summed E-state index contributed by atoms with van der Waals surface area (Å²) in [4.78, 5) is 8.02. The van der Waals surface area contributed by atoms with Crippen LogP contribution in [0.1, 0.15) is 18.5 Å². The van der Waals surface area contributed by atoms with E-state index >= 15 is 0 Å². The van der Waals surface area contributed by atoms with E-state index in [9.17, 15) is 0 Å². The van der Waals surface area contributed by atoms with Gasteiger partial charge in [0.25, 0.3) is 0 Å². The Kier molecular flexibility index (Phi) is 5.95. The van der Waals surface area contributed by atoms with Crippen LogP contribution in [-0.4, -0.2) is 29.7 Å². The highest BCUT2D eigenvalue weighted by Gasteiger charge is 2.14. The molecule has 0 radical (unpaired) electrons. The van der Waals surface area contributed by atoms with Crippen LogP contribution in [0.5, 0.6) is 5.88 Å². The second kappa shape index (κ2) is 6.99. The van der Waals surface area contributed by atoms with Crippen molar-refractivity contribution in [3.63, 3.8) is 0 Å². The quantitative estimate of drug-likeness (QED) is 0.861. The van der Waals surface area contributed by atoms with E-state index in [4.69, 9.17) is 16.3 Å². The summed E-state index contributed by atoms with van der Waals surface area (Å²) in [5.74, 6) is 1.14. The number of rotatable bonds is 3. The van der Waals surface area contributed by atoms with Crippen molar-refractivity contribution in [2.45, 2.75) is 19.8 Å². The van der Waals surface area contributed by atoms with Gasteiger partial charge in [0.2, 0.25) is 11.2 Å². The lowest BCUT2D eigenvalue weighted by Gasteiger charge is -2.22. The van der Waals surface area contributed by atoms with Gasteiger partial charge in [-0.3, -0.25) is 0 Å². The molecule has 1 unspecified atom stereocenters. The molecule has 2 rings (SSSR count). The van der Waals surface area contributed by atoms with E-state index in [2.05, 4.69) is 15.3 Å². The minimum Gasteiger partial charge on any atom is -0.477 e. The molecule has 0 amide bonds. The molecule has 1 N–H and O–H groups in total. The summed E-state index contributed by atoms with van der Waals surface area (Å²) in [6.07, 6.45) is 2.43. The molecule has 2 heterocycles. The molecule has 1 atom stereocenters. The molecule has 1 aliphatic heterocycles. The third kappa shape index (κ3) is 4.66.